The van der Waals surface area contributed by atoms with Gasteiger partial charge in [0.15, 0.2) is 5.82 Å². The van der Waals surface area contributed by atoms with E-state index < -0.39 is 0 Å². The van der Waals surface area contributed by atoms with Crippen LogP contribution in [0.15, 0.2) is 61.2 Å². The Morgan fingerprint density at radius 1 is 1.14 bits per heavy atom. The number of aryl methyl sites for hydroxylation is 1. The lowest BCUT2D eigenvalue weighted by atomic mass is 9.95. The molecule has 1 aliphatic rings. The number of rotatable bonds is 11. The molecule has 3 aromatic rings. The molecule has 2 aromatic carbocycles. The van der Waals surface area contributed by atoms with Crippen molar-refractivity contribution in [1.82, 2.24) is 30.0 Å². The highest BCUT2D eigenvalue weighted by molar-refractivity contribution is 5.69. The van der Waals surface area contributed by atoms with E-state index in [1.54, 1.807) is 17.7 Å². The monoisotopic (exact) mass is 490 g/mol. The van der Waals surface area contributed by atoms with Gasteiger partial charge in [-0.05, 0) is 47.0 Å². The van der Waals surface area contributed by atoms with Gasteiger partial charge in [-0.25, -0.2) is 4.68 Å². The average Bonchev–Trinajstić information content (AvgIpc) is 3.35. The zero-order valence-electron chi connectivity index (χ0n) is 20.8. The fourth-order valence-electron chi connectivity index (χ4n) is 4.68. The Balaban J connectivity index is 1.52. The van der Waals surface area contributed by atoms with Crippen LogP contribution in [-0.4, -0.2) is 80.4 Å². The summed E-state index contributed by atoms with van der Waals surface area (Å²) in [6.45, 7) is 11.3. The number of hydrogen-bond donors (Lipinski definition) is 1. The Kier molecular flexibility index (Phi) is 8.80. The Morgan fingerprint density at radius 3 is 2.61 bits per heavy atom. The van der Waals surface area contributed by atoms with Crippen LogP contribution in [0, 0.1) is 0 Å². The molecule has 9 heteroatoms. The van der Waals surface area contributed by atoms with Crippen molar-refractivity contribution in [2.75, 3.05) is 39.3 Å². The average molecular weight is 491 g/mol. The molecule has 1 atom stereocenters. The Hall–Kier alpha value is -3.56. The van der Waals surface area contributed by atoms with E-state index in [-0.39, 0.29) is 17.8 Å². The van der Waals surface area contributed by atoms with Gasteiger partial charge in [0.05, 0.1) is 12.6 Å². The second-order valence-corrected chi connectivity index (χ2v) is 8.88. The van der Waals surface area contributed by atoms with E-state index in [4.69, 9.17) is 4.74 Å². The molecule has 0 aliphatic carbocycles. The quantitative estimate of drug-likeness (QED) is 0.323. The molecule has 0 amide bonds. The Morgan fingerprint density at radius 2 is 1.92 bits per heavy atom. The van der Waals surface area contributed by atoms with Gasteiger partial charge in [0, 0.05) is 51.3 Å². The lowest BCUT2D eigenvalue weighted by molar-refractivity contribution is -0.143. The van der Waals surface area contributed by atoms with Crippen molar-refractivity contribution < 1.29 is 14.6 Å². The first-order valence-corrected chi connectivity index (χ1v) is 12.5. The van der Waals surface area contributed by atoms with Gasteiger partial charge < -0.3 is 9.84 Å². The second kappa shape index (κ2) is 12.4. The molecule has 190 valence electrons. The fourth-order valence-corrected chi connectivity index (χ4v) is 4.68. The number of esters is 1. The van der Waals surface area contributed by atoms with Crippen LogP contribution >= 0.6 is 0 Å². The summed E-state index contributed by atoms with van der Waals surface area (Å²) < 4.78 is 6.72. The summed E-state index contributed by atoms with van der Waals surface area (Å²) in [5.74, 6) is 0.721. The summed E-state index contributed by atoms with van der Waals surface area (Å²) in [4.78, 5) is 16.5. The molecule has 0 saturated carbocycles. The van der Waals surface area contributed by atoms with E-state index in [1.807, 2.05) is 30.3 Å². The molecule has 1 fully saturated rings. The number of aromatic nitrogens is 4. The third kappa shape index (κ3) is 6.35. The molecule has 36 heavy (non-hydrogen) atoms. The molecule has 0 spiro atoms. The Labute approximate surface area is 212 Å². The number of aromatic hydroxyl groups is 1. The minimum Gasteiger partial charge on any atom is -0.508 e. The van der Waals surface area contributed by atoms with Crippen LogP contribution in [0.3, 0.4) is 0 Å². The van der Waals surface area contributed by atoms with Crippen LogP contribution in [0.4, 0.5) is 0 Å². The molecule has 9 nitrogen and oxygen atoms in total. The number of phenolic OH excluding ortho intramolecular Hbond substituents is 1. The molecular weight excluding hydrogens is 456 g/mol. The molecule has 0 bridgehead atoms. The van der Waals surface area contributed by atoms with Gasteiger partial charge in [-0.15, -0.1) is 11.7 Å². The van der Waals surface area contributed by atoms with Crippen LogP contribution in [0.1, 0.15) is 36.9 Å². The van der Waals surface area contributed by atoms with E-state index in [9.17, 15) is 9.90 Å². The van der Waals surface area contributed by atoms with Gasteiger partial charge in [0.2, 0.25) is 0 Å². The van der Waals surface area contributed by atoms with E-state index >= 15 is 0 Å². The van der Waals surface area contributed by atoms with Gasteiger partial charge in [-0.1, -0.05) is 42.5 Å². The Bertz CT molecular complexity index is 1140. The van der Waals surface area contributed by atoms with Crippen LogP contribution in [0.2, 0.25) is 0 Å². The number of phenols is 1. The topological polar surface area (TPSA) is 96.6 Å². The largest absolute Gasteiger partial charge is 0.508 e. The predicted octanol–water partition coefficient (Wildman–Crippen LogP) is 3.28. The number of carbonyl (C=O) groups excluding carboxylic acids is 1. The number of carbonyl (C=O) groups is 1. The van der Waals surface area contributed by atoms with Crippen LogP contribution in [0.25, 0.3) is 11.4 Å². The highest BCUT2D eigenvalue weighted by Gasteiger charge is 2.26. The molecule has 1 aromatic heterocycles. The fraction of sp³-hybridized carbons (Fsp3) is 0.407. The van der Waals surface area contributed by atoms with Gasteiger partial charge in [0.1, 0.15) is 5.75 Å². The standard InChI is InChI=1S/C27H34N6O3/c1-3-14-31-16-18-32(19-17-31)26(23-7-5-8-24(34)20-23)21-10-12-22(13-11-21)27-28-29-30-33(27)15-6-9-25(35)36-4-2/h3,5,7-8,10-13,20,26,34H,1,4,6,9,14-19H2,2H3. The third-order valence-electron chi connectivity index (χ3n) is 6.42. The smallest absolute Gasteiger partial charge is 0.305 e. The lowest BCUT2D eigenvalue weighted by Crippen LogP contribution is -2.47. The summed E-state index contributed by atoms with van der Waals surface area (Å²) in [6, 6.07) is 15.8. The van der Waals surface area contributed by atoms with Crippen molar-refractivity contribution in [2.45, 2.75) is 32.4 Å². The molecular formula is C27H34N6O3. The van der Waals surface area contributed by atoms with E-state index in [0.29, 0.717) is 31.8 Å². The first-order chi connectivity index (χ1) is 17.6. The van der Waals surface area contributed by atoms with Crippen molar-refractivity contribution in [2.24, 2.45) is 0 Å². The van der Waals surface area contributed by atoms with Crippen LogP contribution in [0.5, 0.6) is 5.75 Å². The second-order valence-electron chi connectivity index (χ2n) is 8.88. The molecule has 1 saturated heterocycles. The number of nitrogens with zero attached hydrogens (tertiary/aromatic N) is 6. The normalized spacial score (nSPS) is 15.5. The van der Waals surface area contributed by atoms with E-state index in [0.717, 1.165) is 49.4 Å². The van der Waals surface area contributed by atoms with Crippen molar-refractivity contribution in [3.8, 4) is 17.1 Å². The minimum absolute atomic E-state index is 0.0256. The first kappa shape index (κ1) is 25.5. The van der Waals surface area contributed by atoms with Crippen molar-refractivity contribution >= 4 is 5.97 Å². The van der Waals surface area contributed by atoms with Gasteiger partial charge >= 0.3 is 5.97 Å². The summed E-state index contributed by atoms with van der Waals surface area (Å²) in [5, 5.41) is 22.3. The van der Waals surface area contributed by atoms with E-state index in [1.165, 1.54) is 0 Å². The predicted molar refractivity (Wildman–Crippen MR) is 137 cm³/mol. The maximum atomic E-state index is 11.6. The number of piperazine rings is 1. The van der Waals surface area contributed by atoms with Crippen LogP contribution < -0.4 is 0 Å². The summed E-state index contributed by atoms with van der Waals surface area (Å²) in [7, 11) is 0. The molecule has 2 heterocycles. The van der Waals surface area contributed by atoms with Gasteiger partial charge in [-0.3, -0.25) is 14.6 Å². The highest BCUT2D eigenvalue weighted by atomic mass is 16.5. The molecule has 4 rings (SSSR count). The van der Waals surface area contributed by atoms with E-state index in [2.05, 4.69) is 50.1 Å². The molecule has 1 aliphatic heterocycles. The molecule has 1 unspecified atom stereocenters. The number of hydrogen-bond acceptors (Lipinski definition) is 8. The van der Waals surface area contributed by atoms with Crippen molar-refractivity contribution in [3.63, 3.8) is 0 Å². The lowest BCUT2D eigenvalue weighted by Gasteiger charge is -2.39. The van der Waals surface area contributed by atoms with Crippen molar-refractivity contribution in [1.29, 1.82) is 0 Å². The summed E-state index contributed by atoms with van der Waals surface area (Å²) in [5.41, 5.74) is 3.11. The highest BCUT2D eigenvalue weighted by Crippen LogP contribution is 2.32. The number of tetrazole rings is 1. The summed E-state index contributed by atoms with van der Waals surface area (Å²) in [6.07, 6.45) is 2.88. The minimum atomic E-state index is -0.209. The van der Waals surface area contributed by atoms with Crippen LogP contribution in [-0.2, 0) is 16.1 Å². The molecule has 0 radical (unpaired) electrons. The zero-order chi connectivity index (χ0) is 25.3. The van der Waals surface area contributed by atoms with Crippen molar-refractivity contribution in [3.05, 3.63) is 72.3 Å². The summed E-state index contributed by atoms with van der Waals surface area (Å²) >= 11 is 0. The zero-order valence-corrected chi connectivity index (χ0v) is 20.8. The number of ether oxygens (including phenoxy) is 1. The van der Waals surface area contributed by atoms with Gasteiger partial charge in [-0.2, -0.15) is 0 Å². The third-order valence-corrected chi connectivity index (χ3v) is 6.42. The number of benzene rings is 2. The molecule has 1 N–H and O–H groups in total. The van der Waals surface area contributed by atoms with Gasteiger partial charge in [0.25, 0.3) is 0 Å². The maximum Gasteiger partial charge on any atom is 0.305 e. The SMILES string of the molecule is C=CCN1CCN(C(c2ccc(-c3nnnn3CCCC(=O)OCC)cc2)c2cccc(O)c2)CC1. The first-order valence-electron chi connectivity index (χ1n) is 12.5. The maximum absolute atomic E-state index is 11.6.